The average molecular weight is 320 g/mol. The average Bonchev–Trinajstić information content (AvgIpc) is 2.88. The van der Waals surface area contributed by atoms with Crippen molar-refractivity contribution in [3.63, 3.8) is 0 Å². The molecule has 6 heteroatoms. The van der Waals surface area contributed by atoms with E-state index in [-0.39, 0.29) is 30.7 Å². The maximum atomic E-state index is 11.8. The molecular formula is C14H23Cl2N3O. The summed E-state index contributed by atoms with van der Waals surface area (Å²) in [6.07, 6.45) is 3.65. The van der Waals surface area contributed by atoms with Crippen molar-refractivity contribution in [2.75, 3.05) is 31.9 Å². The van der Waals surface area contributed by atoms with Gasteiger partial charge in [0.2, 0.25) is 0 Å². The zero-order chi connectivity index (χ0) is 12.8. The summed E-state index contributed by atoms with van der Waals surface area (Å²) in [7, 11) is 0. The van der Waals surface area contributed by atoms with Crippen LogP contribution in [0.2, 0.25) is 0 Å². The molecule has 2 rings (SSSR count). The SMILES string of the molecule is Cl.Cl.Nc1ccc(C(=O)NCCCN2CCCC2)cc1. The van der Waals surface area contributed by atoms with E-state index < -0.39 is 0 Å². The van der Waals surface area contributed by atoms with Gasteiger partial charge < -0.3 is 16.0 Å². The summed E-state index contributed by atoms with van der Waals surface area (Å²) in [5.41, 5.74) is 6.93. The van der Waals surface area contributed by atoms with Crippen molar-refractivity contribution in [1.29, 1.82) is 0 Å². The van der Waals surface area contributed by atoms with E-state index in [1.165, 1.54) is 25.9 Å². The van der Waals surface area contributed by atoms with Gasteiger partial charge >= 0.3 is 0 Å². The molecule has 1 aliphatic heterocycles. The normalized spacial score (nSPS) is 14.2. The third-order valence-electron chi connectivity index (χ3n) is 3.31. The van der Waals surface area contributed by atoms with E-state index in [4.69, 9.17) is 5.73 Å². The fourth-order valence-corrected chi connectivity index (χ4v) is 2.25. The van der Waals surface area contributed by atoms with Crippen LogP contribution in [0.5, 0.6) is 0 Å². The molecule has 114 valence electrons. The highest BCUT2D eigenvalue weighted by Crippen LogP contribution is 2.07. The quantitative estimate of drug-likeness (QED) is 0.647. The van der Waals surface area contributed by atoms with Crippen LogP contribution in [0.4, 0.5) is 5.69 Å². The fraction of sp³-hybridized carbons (Fsp3) is 0.500. The number of hydrogen-bond donors (Lipinski definition) is 2. The van der Waals surface area contributed by atoms with Crippen LogP contribution < -0.4 is 11.1 Å². The van der Waals surface area contributed by atoms with Crippen molar-refractivity contribution in [1.82, 2.24) is 10.2 Å². The Morgan fingerprint density at radius 3 is 2.35 bits per heavy atom. The van der Waals surface area contributed by atoms with Crippen LogP contribution >= 0.6 is 24.8 Å². The monoisotopic (exact) mass is 319 g/mol. The third-order valence-corrected chi connectivity index (χ3v) is 3.31. The number of nitrogens with one attached hydrogen (secondary N) is 1. The molecule has 0 saturated carbocycles. The van der Waals surface area contributed by atoms with Crippen molar-refractivity contribution in [3.8, 4) is 0 Å². The minimum Gasteiger partial charge on any atom is -0.399 e. The Morgan fingerprint density at radius 1 is 1.15 bits per heavy atom. The van der Waals surface area contributed by atoms with Crippen LogP contribution in [0.15, 0.2) is 24.3 Å². The summed E-state index contributed by atoms with van der Waals surface area (Å²) in [5, 5.41) is 2.94. The van der Waals surface area contributed by atoms with Gasteiger partial charge in [0.1, 0.15) is 0 Å². The van der Waals surface area contributed by atoms with Crippen molar-refractivity contribution < 1.29 is 4.79 Å². The van der Waals surface area contributed by atoms with Crippen molar-refractivity contribution in [2.45, 2.75) is 19.3 Å². The second kappa shape index (κ2) is 9.86. The van der Waals surface area contributed by atoms with Gasteiger partial charge in [-0.25, -0.2) is 0 Å². The van der Waals surface area contributed by atoms with Crippen LogP contribution in [0, 0.1) is 0 Å². The summed E-state index contributed by atoms with van der Waals surface area (Å²) in [6.45, 7) is 4.25. The fourth-order valence-electron chi connectivity index (χ4n) is 2.25. The van der Waals surface area contributed by atoms with Gasteiger partial charge in [0.25, 0.3) is 5.91 Å². The number of nitrogens with zero attached hydrogens (tertiary/aromatic N) is 1. The van der Waals surface area contributed by atoms with Crippen LogP contribution in [0.25, 0.3) is 0 Å². The standard InChI is InChI=1S/C14H21N3O.2ClH/c15-13-6-4-12(5-7-13)14(18)16-8-3-11-17-9-1-2-10-17;;/h4-7H,1-3,8-11,15H2,(H,16,18);2*1H. The predicted octanol–water partition coefficient (Wildman–Crippen LogP) is 2.33. The molecule has 0 radical (unpaired) electrons. The lowest BCUT2D eigenvalue weighted by atomic mass is 10.2. The molecule has 1 aromatic rings. The zero-order valence-electron chi connectivity index (χ0n) is 11.5. The van der Waals surface area contributed by atoms with Gasteiger partial charge in [-0.15, -0.1) is 24.8 Å². The van der Waals surface area contributed by atoms with Gasteiger partial charge in [0.05, 0.1) is 0 Å². The first-order chi connectivity index (χ1) is 8.75. The van der Waals surface area contributed by atoms with Gasteiger partial charge in [-0.2, -0.15) is 0 Å². The number of anilines is 1. The Kier molecular flexibility index (Phi) is 9.38. The second-order valence-electron chi connectivity index (χ2n) is 4.78. The Hall–Kier alpha value is -0.970. The summed E-state index contributed by atoms with van der Waals surface area (Å²) >= 11 is 0. The van der Waals surface area contributed by atoms with Gasteiger partial charge in [-0.1, -0.05) is 0 Å². The molecule has 0 spiro atoms. The molecule has 3 N–H and O–H groups in total. The first-order valence-electron chi connectivity index (χ1n) is 6.62. The van der Waals surface area contributed by atoms with E-state index in [0.29, 0.717) is 11.3 Å². The Labute approximate surface area is 132 Å². The summed E-state index contributed by atoms with van der Waals surface area (Å²) in [6, 6.07) is 7.01. The van der Waals surface area contributed by atoms with E-state index in [2.05, 4.69) is 10.2 Å². The molecule has 0 aliphatic carbocycles. The van der Waals surface area contributed by atoms with Crippen molar-refractivity contribution >= 4 is 36.4 Å². The summed E-state index contributed by atoms with van der Waals surface area (Å²) < 4.78 is 0. The number of carbonyl (C=O) groups is 1. The topological polar surface area (TPSA) is 58.4 Å². The predicted molar refractivity (Wildman–Crippen MR) is 88.0 cm³/mol. The van der Waals surface area contributed by atoms with Gasteiger partial charge in [-0.05, 0) is 63.2 Å². The molecule has 0 aromatic heterocycles. The number of hydrogen-bond acceptors (Lipinski definition) is 3. The highest BCUT2D eigenvalue weighted by molar-refractivity contribution is 5.94. The van der Waals surface area contributed by atoms with Crippen molar-refractivity contribution in [2.24, 2.45) is 0 Å². The van der Waals surface area contributed by atoms with E-state index in [1.54, 1.807) is 24.3 Å². The van der Waals surface area contributed by atoms with Gasteiger partial charge in [-0.3, -0.25) is 4.79 Å². The Morgan fingerprint density at radius 2 is 1.75 bits per heavy atom. The minimum atomic E-state index is -0.0172. The van der Waals surface area contributed by atoms with Crippen LogP contribution in [0.3, 0.4) is 0 Å². The lowest BCUT2D eigenvalue weighted by molar-refractivity contribution is 0.0952. The molecule has 20 heavy (non-hydrogen) atoms. The van der Waals surface area contributed by atoms with E-state index >= 15 is 0 Å². The molecule has 0 unspecified atom stereocenters. The number of carbonyl (C=O) groups excluding carboxylic acids is 1. The molecule has 1 saturated heterocycles. The number of amides is 1. The van der Waals surface area contributed by atoms with Crippen LogP contribution in [-0.2, 0) is 0 Å². The maximum absolute atomic E-state index is 11.8. The minimum absolute atomic E-state index is 0. The maximum Gasteiger partial charge on any atom is 0.251 e. The Balaban J connectivity index is 0.00000180. The number of nitrogen functional groups attached to an aromatic ring is 1. The molecule has 4 nitrogen and oxygen atoms in total. The highest BCUT2D eigenvalue weighted by atomic mass is 35.5. The van der Waals surface area contributed by atoms with Crippen LogP contribution in [0.1, 0.15) is 29.6 Å². The van der Waals surface area contributed by atoms with Crippen molar-refractivity contribution in [3.05, 3.63) is 29.8 Å². The van der Waals surface area contributed by atoms with E-state index in [9.17, 15) is 4.79 Å². The molecule has 1 aromatic carbocycles. The first kappa shape index (κ1) is 19.0. The molecular weight excluding hydrogens is 297 g/mol. The zero-order valence-corrected chi connectivity index (χ0v) is 13.1. The summed E-state index contributed by atoms with van der Waals surface area (Å²) in [4.78, 5) is 14.2. The number of likely N-dealkylation sites (tertiary alicyclic amines) is 1. The van der Waals surface area contributed by atoms with Gasteiger partial charge in [0.15, 0.2) is 0 Å². The van der Waals surface area contributed by atoms with E-state index in [0.717, 1.165) is 19.5 Å². The number of benzene rings is 1. The second-order valence-corrected chi connectivity index (χ2v) is 4.78. The highest BCUT2D eigenvalue weighted by Gasteiger charge is 2.10. The third kappa shape index (κ3) is 5.99. The number of halogens is 2. The molecule has 1 amide bonds. The lowest BCUT2D eigenvalue weighted by Crippen LogP contribution is -2.28. The molecule has 0 bridgehead atoms. The molecule has 1 aliphatic rings. The van der Waals surface area contributed by atoms with Crippen LogP contribution in [-0.4, -0.2) is 37.0 Å². The first-order valence-corrected chi connectivity index (χ1v) is 6.62. The number of rotatable bonds is 5. The largest absolute Gasteiger partial charge is 0.399 e. The molecule has 1 fully saturated rings. The van der Waals surface area contributed by atoms with E-state index in [1.807, 2.05) is 0 Å². The number of nitrogens with two attached hydrogens (primary N) is 1. The lowest BCUT2D eigenvalue weighted by Gasteiger charge is -2.14. The Bertz CT molecular complexity index is 392. The molecule has 0 atom stereocenters. The van der Waals surface area contributed by atoms with Gasteiger partial charge in [0, 0.05) is 17.8 Å². The smallest absolute Gasteiger partial charge is 0.251 e. The summed E-state index contributed by atoms with van der Waals surface area (Å²) in [5.74, 6) is -0.0172. The molecule has 1 heterocycles.